The van der Waals surface area contributed by atoms with Crippen molar-refractivity contribution in [1.29, 1.82) is 0 Å². The van der Waals surface area contributed by atoms with Crippen molar-refractivity contribution in [2.45, 2.75) is 12.8 Å². The van der Waals surface area contributed by atoms with Crippen LogP contribution in [-0.4, -0.2) is 23.0 Å². The quantitative estimate of drug-likeness (QED) is 0.761. The Kier molecular flexibility index (Phi) is 4.22. The molecule has 0 radical (unpaired) electrons. The first kappa shape index (κ1) is 14.1. The maximum Gasteiger partial charge on any atom is 0.193 e. The second kappa shape index (κ2) is 6.28. The maximum absolute atomic E-state index is 5.96. The fourth-order valence-corrected chi connectivity index (χ4v) is 3.31. The van der Waals surface area contributed by atoms with Gasteiger partial charge in [0.2, 0.25) is 0 Å². The Hall–Kier alpha value is -1.85. The molecule has 5 heteroatoms. The molecule has 2 heterocycles. The summed E-state index contributed by atoms with van der Waals surface area (Å²) in [5.74, 6) is 1.30. The van der Waals surface area contributed by atoms with Crippen LogP contribution in [0.1, 0.15) is 11.3 Å². The summed E-state index contributed by atoms with van der Waals surface area (Å²) in [6.07, 6.45) is 5.93. The highest BCUT2D eigenvalue weighted by Gasteiger charge is 2.14. The number of nitrogens with two attached hydrogens (primary N) is 1. The molecule has 0 saturated carbocycles. The van der Waals surface area contributed by atoms with Gasteiger partial charge < -0.3 is 10.5 Å². The molecule has 0 amide bonds. The van der Waals surface area contributed by atoms with E-state index in [4.69, 9.17) is 10.5 Å². The van der Waals surface area contributed by atoms with Crippen LogP contribution >= 0.6 is 11.3 Å². The van der Waals surface area contributed by atoms with Crippen LogP contribution < -0.4 is 10.5 Å². The molecule has 1 unspecified atom stereocenters. The molecule has 1 atom stereocenters. The first-order chi connectivity index (χ1) is 10.3. The molecule has 0 fully saturated rings. The molecule has 0 aliphatic carbocycles. The van der Waals surface area contributed by atoms with Crippen molar-refractivity contribution in [2.24, 2.45) is 11.7 Å². The zero-order chi connectivity index (χ0) is 14.7. The summed E-state index contributed by atoms with van der Waals surface area (Å²) in [6, 6.07) is 8.13. The van der Waals surface area contributed by atoms with Crippen LogP contribution in [-0.2, 0) is 12.8 Å². The van der Waals surface area contributed by atoms with Gasteiger partial charge in [0.25, 0.3) is 0 Å². The summed E-state index contributed by atoms with van der Waals surface area (Å²) < 4.78 is 7.48. The van der Waals surface area contributed by atoms with E-state index in [0.29, 0.717) is 12.5 Å². The highest BCUT2D eigenvalue weighted by Crippen LogP contribution is 2.23. The third-order valence-corrected chi connectivity index (χ3v) is 4.45. The Morgan fingerprint density at radius 1 is 1.33 bits per heavy atom. The van der Waals surface area contributed by atoms with Crippen LogP contribution in [0, 0.1) is 5.92 Å². The van der Waals surface area contributed by atoms with Gasteiger partial charge in [-0.2, -0.15) is 0 Å². The van der Waals surface area contributed by atoms with Crippen LogP contribution in [0.25, 0.3) is 4.96 Å². The monoisotopic (exact) mass is 301 g/mol. The van der Waals surface area contributed by atoms with Crippen LogP contribution in [0.3, 0.4) is 0 Å². The molecule has 4 nitrogen and oxygen atoms in total. The van der Waals surface area contributed by atoms with E-state index in [1.54, 1.807) is 18.4 Å². The van der Waals surface area contributed by atoms with Crippen LogP contribution in [0.2, 0.25) is 0 Å². The van der Waals surface area contributed by atoms with E-state index in [2.05, 4.69) is 21.6 Å². The Morgan fingerprint density at radius 3 is 2.95 bits per heavy atom. The van der Waals surface area contributed by atoms with E-state index >= 15 is 0 Å². The minimum absolute atomic E-state index is 0.367. The normalized spacial score (nSPS) is 12.7. The molecule has 0 bridgehead atoms. The number of rotatable bonds is 6. The fourth-order valence-electron chi connectivity index (χ4n) is 2.59. The lowest BCUT2D eigenvalue weighted by molar-refractivity contribution is 0.403. The summed E-state index contributed by atoms with van der Waals surface area (Å²) in [5.41, 5.74) is 8.27. The molecule has 0 aliphatic heterocycles. The average Bonchev–Trinajstić information content (AvgIpc) is 3.08. The Labute approximate surface area is 128 Å². The Bertz CT molecular complexity index is 690. The Morgan fingerprint density at radius 2 is 2.19 bits per heavy atom. The van der Waals surface area contributed by atoms with Gasteiger partial charge >= 0.3 is 0 Å². The van der Waals surface area contributed by atoms with Gasteiger partial charge in [0.05, 0.1) is 12.8 Å². The van der Waals surface area contributed by atoms with Crippen LogP contribution in [0.15, 0.2) is 42.0 Å². The van der Waals surface area contributed by atoms with Crippen molar-refractivity contribution in [2.75, 3.05) is 13.7 Å². The number of hydrogen-bond donors (Lipinski definition) is 1. The molecule has 21 heavy (non-hydrogen) atoms. The number of fused-ring (bicyclic) bond motifs is 1. The number of benzene rings is 1. The van der Waals surface area contributed by atoms with E-state index < -0.39 is 0 Å². The number of nitrogens with zero attached hydrogens (tertiary/aromatic N) is 2. The first-order valence-corrected chi connectivity index (χ1v) is 7.91. The smallest absolute Gasteiger partial charge is 0.193 e. The maximum atomic E-state index is 5.96. The number of methoxy groups -OCH3 is 1. The van der Waals surface area contributed by atoms with Gasteiger partial charge in [-0.1, -0.05) is 18.2 Å². The van der Waals surface area contributed by atoms with Crippen molar-refractivity contribution < 1.29 is 4.74 Å². The highest BCUT2D eigenvalue weighted by molar-refractivity contribution is 7.15. The fraction of sp³-hybridized carbons (Fsp3) is 0.312. The molecule has 2 N–H and O–H groups in total. The number of aromatic nitrogens is 2. The topological polar surface area (TPSA) is 52.5 Å². The first-order valence-electron chi connectivity index (χ1n) is 7.03. The van der Waals surface area contributed by atoms with E-state index in [1.165, 1.54) is 5.56 Å². The van der Waals surface area contributed by atoms with Gasteiger partial charge in [0.15, 0.2) is 4.96 Å². The number of para-hydroxylation sites is 1. The van der Waals surface area contributed by atoms with Crippen molar-refractivity contribution in [1.82, 2.24) is 9.38 Å². The largest absolute Gasteiger partial charge is 0.496 e. The van der Waals surface area contributed by atoms with Gasteiger partial charge in [0.1, 0.15) is 5.75 Å². The minimum atomic E-state index is 0.367. The molecule has 2 aromatic heterocycles. The van der Waals surface area contributed by atoms with Crippen LogP contribution in [0.5, 0.6) is 5.75 Å². The molecule has 0 spiro atoms. The predicted molar refractivity (Wildman–Crippen MR) is 86.0 cm³/mol. The van der Waals surface area contributed by atoms with Gasteiger partial charge in [-0.15, -0.1) is 11.3 Å². The van der Waals surface area contributed by atoms with Gasteiger partial charge in [-0.05, 0) is 36.9 Å². The molecule has 3 aromatic rings. The molecule has 110 valence electrons. The zero-order valence-corrected chi connectivity index (χ0v) is 12.8. The number of hydrogen-bond acceptors (Lipinski definition) is 4. The summed E-state index contributed by atoms with van der Waals surface area (Å²) >= 11 is 1.65. The summed E-state index contributed by atoms with van der Waals surface area (Å²) in [6.45, 7) is 0.642. The average molecular weight is 301 g/mol. The highest BCUT2D eigenvalue weighted by atomic mass is 32.1. The SMILES string of the molecule is COc1ccccc1CC(CN)Cc1cn2ccsc2n1. The van der Waals surface area contributed by atoms with Gasteiger partial charge in [-0.3, -0.25) is 4.40 Å². The molecule has 3 rings (SSSR count). The molecule has 0 saturated heterocycles. The zero-order valence-electron chi connectivity index (χ0n) is 12.0. The second-order valence-electron chi connectivity index (χ2n) is 5.15. The lowest BCUT2D eigenvalue weighted by atomic mass is 9.94. The molecule has 0 aliphatic rings. The van der Waals surface area contributed by atoms with Crippen molar-refractivity contribution in [3.63, 3.8) is 0 Å². The standard InChI is InChI=1S/C16H19N3OS/c1-20-15-5-3-2-4-13(15)8-12(10-17)9-14-11-19-6-7-21-16(19)18-14/h2-7,11-12H,8-10,17H2,1H3. The third-order valence-electron chi connectivity index (χ3n) is 3.68. The second-order valence-corrected chi connectivity index (χ2v) is 6.02. The van der Waals surface area contributed by atoms with E-state index in [-0.39, 0.29) is 0 Å². The predicted octanol–water partition coefficient (Wildman–Crippen LogP) is 2.76. The van der Waals surface area contributed by atoms with Gasteiger partial charge in [0, 0.05) is 17.8 Å². The van der Waals surface area contributed by atoms with E-state index in [1.807, 2.05) is 29.8 Å². The van der Waals surface area contributed by atoms with Crippen molar-refractivity contribution >= 4 is 16.3 Å². The van der Waals surface area contributed by atoms with E-state index in [0.717, 1.165) is 29.2 Å². The molecule has 1 aromatic carbocycles. The molecular weight excluding hydrogens is 282 g/mol. The van der Waals surface area contributed by atoms with E-state index in [9.17, 15) is 0 Å². The number of thiazole rings is 1. The van der Waals surface area contributed by atoms with Crippen LogP contribution in [0.4, 0.5) is 0 Å². The molecular formula is C16H19N3OS. The van der Waals surface area contributed by atoms with Gasteiger partial charge in [-0.25, -0.2) is 4.98 Å². The lowest BCUT2D eigenvalue weighted by Gasteiger charge is -2.15. The Balaban J connectivity index is 1.74. The lowest BCUT2D eigenvalue weighted by Crippen LogP contribution is -2.19. The summed E-state index contributed by atoms with van der Waals surface area (Å²) in [4.78, 5) is 5.68. The summed E-state index contributed by atoms with van der Waals surface area (Å²) in [5, 5.41) is 2.04. The minimum Gasteiger partial charge on any atom is -0.496 e. The third kappa shape index (κ3) is 3.09. The number of imidazole rings is 1. The number of ether oxygens (including phenoxy) is 1. The summed E-state index contributed by atoms with van der Waals surface area (Å²) in [7, 11) is 1.71. The van der Waals surface area contributed by atoms with Crippen molar-refractivity contribution in [3.8, 4) is 5.75 Å². The van der Waals surface area contributed by atoms with Crippen molar-refractivity contribution in [3.05, 3.63) is 53.3 Å².